The van der Waals surface area contributed by atoms with Gasteiger partial charge < -0.3 is 0 Å². The van der Waals surface area contributed by atoms with Crippen molar-refractivity contribution < 1.29 is 21.2 Å². The molecule has 1 aromatic rings. The summed E-state index contributed by atoms with van der Waals surface area (Å²) in [6, 6.07) is 2.72. The van der Waals surface area contributed by atoms with Crippen LogP contribution < -0.4 is 4.72 Å². The van der Waals surface area contributed by atoms with Gasteiger partial charge in [-0.1, -0.05) is 13.3 Å². The van der Waals surface area contributed by atoms with Crippen molar-refractivity contribution in [2.75, 3.05) is 10.5 Å². The largest absolute Gasteiger partial charge is 0.281 e. The summed E-state index contributed by atoms with van der Waals surface area (Å²) < 4.78 is 60.8. The van der Waals surface area contributed by atoms with Gasteiger partial charge in [0.2, 0.25) is 10.0 Å². The number of rotatable bonds is 6. The van der Waals surface area contributed by atoms with E-state index in [2.05, 4.69) is 4.72 Å². The van der Waals surface area contributed by atoms with E-state index in [-0.39, 0.29) is 11.4 Å². The van der Waals surface area contributed by atoms with Crippen molar-refractivity contribution in [2.45, 2.75) is 24.7 Å². The Hall–Kier alpha value is -0.860. The van der Waals surface area contributed by atoms with E-state index >= 15 is 0 Å². The van der Waals surface area contributed by atoms with Crippen molar-refractivity contribution >= 4 is 35.4 Å². The molecule has 0 fully saturated rings. The lowest BCUT2D eigenvalue weighted by molar-refractivity contribution is 0.594. The van der Waals surface area contributed by atoms with Crippen LogP contribution in [0.25, 0.3) is 0 Å². The number of anilines is 1. The lowest BCUT2D eigenvalue weighted by Crippen LogP contribution is -2.17. The average Bonchev–Trinajstić information content (AvgIpc) is 2.27. The van der Waals surface area contributed by atoms with E-state index in [0.29, 0.717) is 18.9 Å². The third-order valence-corrected chi connectivity index (χ3v) is 4.96. The molecule has 0 saturated heterocycles. The summed E-state index contributed by atoms with van der Waals surface area (Å²) in [5.41, 5.74) is -0.305. The normalized spacial score (nSPS) is 12.4. The second kappa shape index (κ2) is 6.06. The van der Waals surface area contributed by atoms with Crippen LogP contribution >= 0.6 is 10.7 Å². The van der Waals surface area contributed by atoms with Crippen LogP contribution in [-0.4, -0.2) is 22.6 Å². The van der Waals surface area contributed by atoms with Gasteiger partial charge in [-0.15, -0.1) is 0 Å². The molecule has 0 aromatic heterocycles. The van der Waals surface area contributed by atoms with E-state index in [4.69, 9.17) is 10.7 Å². The zero-order valence-corrected chi connectivity index (χ0v) is 12.4. The second-order valence-corrected chi connectivity index (χ2v) is 8.26. The van der Waals surface area contributed by atoms with Gasteiger partial charge in [0, 0.05) is 10.7 Å². The van der Waals surface area contributed by atoms with Gasteiger partial charge in [-0.3, -0.25) is 4.72 Å². The molecule has 108 valence electrons. The quantitative estimate of drug-likeness (QED) is 0.812. The average molecular weight is 330 g/mol. The highest BCUT2D eigenvalue weighted by molar-refractivity contribution is 8.13. The molecule has 0 aliphatic heterocycles. The number of halogens is 2. The Morgan fingerprint density at radius 2 is 1.89 bits per heavy atom. The van der Waals surface area contributed by atoms with Crippen molar-refractivity contribution in [3.63, 3.8) is 0 Å². The van der Waals surface area contributed by atoms with E-state index in [1.165, 1.54) is 0 Å². The van der Waals surface area contributed by atoms with Gasteiger partial charge in [-0.2, -0.15) is 0 Å². The standard InChI is InChI=1S/C10H13ClFNO4S2/c1-2-3-6-18(14,15)13-10-5-4-8(7-9(10)12)19(11,16)17/h4-5,7,13H,2-3,6H2,1H3. The molecule has 9 heteroatoms. The summed E-state index contributed by atoms with van der Waals surface area (Å²) in [4.78, 5) is -0.428. The summed E-state index contributed by atoms with van der Waals surface area (Å²) in [5.74, 6) is -1.12. The molecule has 0 bridgehead atoms. The van der Waals surface area contributed by atoms with Crippen LogP contribution in [0.1, 0.15) is 19.8 Å². The van der Waals surface area contributed by atoms with Gasteiger partial charge in [0.05, 0.1) is 16.3 Å². The van der Waals surface area contributed by atoms with Gasteiger partial charge in [0.15, 0.2) is 0 Å². The van der Waals surface area contributed by atoms with Gasteiger partial charge >= 0.3 is 0 Å². The molecule has 0 radical (unpaired) electrons. The first kappa shape index (κ1) is 16.2. The van der Waals surface area contributed by atoms with Crippen molar-refractivity contribution in [3.8, 4) is 0 Å². The van der Waals surface area contributed by atoms with Crippen LogP contribution in [0.15, 0.2) is 23.1 Å². The zero-order valence-electron chi connectivity index (χ0n) is 10.1. The number of hydrogen-bond acceptors (Lipinski definition) is 4. The molecule has 0 aliphatic carbocycles. The third kappa shape index (κ3) is 4.96. The number of unbranched alkanes of at least 4 members (excludes halogenated alkanes) is 1. The molecular weight excluding hydrogens is 317 g/mol. The first-order valence-corrected chi connectivity index (χ1v) is 9.36. The molecule has 1 aromatic carbocycles. The third-order valence-electron chi connectivity index (χ3n) is 2.25. The van der Waals surface area contributed by atoms with Gasteiger partial charge in [0.25, 0.3) is 9.05 Å². The minimum atomic E-state index is -4.04. The lowest BCUT2D eigenvalue weighted by atomic mass is 10.3. The van der Waals surface area contributed by atoms with E-state index in [9.17, 15) is 21.2 Å². The molecule has 0 heterocycles. The van der Waals surface area contributed by atoms with Crippen LogP contribution in [-0.2, 0) is 19.1 Å². The first-order valence-electron chi connectivity index (χ1n) is 5.40. The number of sulfonamides is 1. The van der Waals surface area contributed by atoms with E-state index < -0.39 is 29.8 Å². The molecule has 0 spiro atoms. The van der Waals surface area contributed by atoms with Gasteiger partial charge in [-0.25, -0.2) is 21.2 Å². The van der Waals surface area contributed by atoms with Crippen molar-refractivity contribution in [2.24, 2.45) is 0 Å². The Labute approximate surface area is 116 Å². The van der Waals surface area contributed by atoms with E-state index in [1.807, 2.05) is 6.92 Å². The van der Waals surface area contributed by atoms with E-state index in [1.54, 1.807) is 0 Å². The molecule has 0 saturated carbocycles. The topological polar surface area (TPSA) is 80.3 Å². The highest BCUT2D eigenvalue weighted by Crippen LogP contribution is 2.22. The Balaban J connectivity index is 2.99. The fourth-order valence-corrected chi connectivity index (χ4v) is 3.32. The summed E-state index contributed by atoms with van der Waals surface area (Å²) in [6.45, 7) is 1.83. The number of benzene rings is 1. The van der Waals surface area contributed by atoms with Gasteiger partial charge in [0.1, 0.15) is 5.82 Å². The van der Waals surface area contributed by atoms with Crippen LogP contribution in [0, 0.1) is 5.82 Å². The maximum absolute atomic E-state index is 13.6. The predicted molar refractivity (Wildman–Crippen MR) is 71.8 cm³/mol. The molecule has 1 N–H and O–H groups in total. The molecule has 0 amide bonds. The molecule has 1 rings (SSSR count). The highest BCUT2D eigenvalue weighted by Gasteiger charge is 2.16. The second-order valence-electron chi connectivity index (χ2n) is 3.85. The Bertz CT molecular complexity index is 658. The first-order chi connectivity index (χ1) is 8.65. The summed E-state index contributed by atoms with van der Waals surface area (Å²) in [6.07, 6.45) is 1.14. The fourth-order valence-electron chi connectivity index (χ4n) is 1.28. The summed E-state index contributed by atoms with van der Waals surface area (Å²) >= 11 is 0. The molecule has 0 unspecified atom stereocenters. The van der Waals surface area contributed by atoms with Gasteiger partial charge in [-0.05, 0) is 24.6 Å². The molecular formula is C10H13ClFNO4S2. The fraction of sp³-hybridized carbons (Fsp3) is 0.400. The monoisotopic (exact) mass is 329 g/mol. The predicted octanol–water partition coefficient (Wildman–Crippen LogP) is 2.29. The SMILES string of the molecule is CCCCS(=O)(=O)Nc1ccc(S(=O)(=O)Cl)cc1F. The molecule has 19 heavy (non-hydrogen) atoms. The lowest BCUT2D eigenvalue weighted by Gasteiger charge is -2.09. The van der Waals surface area contributed by atoms with Crippen LogP contribution in [0.3, 0.4) is 0 Å². The zero-order chi connectivity index (χ0) is 14.7. The van der Waals surface area contributed by atoms with Crippen LogP contribution in [0.2, 0.25) is 0 Å². The van der Waals surface area contributed by atoms with Crippen molar-refractivity contribution in [3.05, 3.63) is 24.0 Å². The Kier molecular flexibility index (Phi) is 5.17. The van der Waals surface area contributed by atoms with E-state index in [0.717, 1.165) is 12.1 Å². The Morgan fingerprint density at radius 1 is 1.26 bits per heavy atom. The van der Waals surface area contributed by atoms with Crippen LogP contribution in [0.5, 0.6) is 0 Å². The minimum absolute atomic E-state index is 0.126. The molecule has 0 aliphatic rings. The number of hydrogen-bond donors (Lipinski definition) is 1. The molecule has 0 atom stereocenters. The number of nitrogens with one attached hydrogen (secondary N) is 1. The van der Waals surface area contributed by atoms with Crippen molar-refractivity contribution in [1.82, 2.24) is 0 Å². The van der Waals surface area contributed by atoms with Crippen molar-refractivity contribution in [1.29, 1.82) is 0 Å². The minimum Gasteiger partial charge on any atom is -0.281 e. The summed E-state index contributed by atoms with van der Waals surface area (Å²) in [7, 11) is -2.63. The smallest absolute Gasteiger partial charge is 0.261 e. The molecule has 5 nitrogen and oxygen atoms in total. The maximum atomic E-state index is 13.6. The highest BCUT2D eigenvalue weighted by atomic mass is 35.7. The Morgan fingerprint density at radius 3 is 2.37 bits per heavy atom. The van der Waals surface area contributed by atoms with Crippen LogP contribution in [0.4, 0.5) is 10.1 Å². The maximum Gasteiger partial charge on any atom is 0.261 e. The summed E-state index contributed by atoms with van der Waals surface area (Å²) in [5, 5.41) is 0.